The summed E-state index contributed by atoms with van der Waals surface area (Å²) in [6, 6.07) is 8.29. The fraction of sp³-hybridized carbons (Fsp3) is 0.133. The number of Topliss-reactive ketones (excluding diaryl/α,β-unsaturated/α-hetero) is 1. The Morgan fingerprint density at radius 1 is 1.33 bits per heavy atom. The summed E-state index contributed by atoms with van der Waals surface area (Å²) in [4.78, 5) is 24.6. The van der Waals surface area contributed by atoms with Crippen molar-refractivity contribution in [1.29, 1.82) is 5.26 Å². The molecule has 1 aliphatic heterocycles. The molecule has 0 bridgehead atoms. The van der Waals surface area contributed by atoms with Crippen molar-refractivity contribution in [2.24, 2.45) is 5.92 Å². The molecule has 1 aromatic rings. The van der Waals surface area contributed by atoms with E-state index < -0.39 is 12.0 Å². The smallest absolute Gasteiger partial charge is 0.410 e. The number of halogens is 1. The number of ether oxygens (including phenoxy) is 1. The van der Waals surface area contributed by atoms with Crippen LogP contribution < -0.4 is 4.74 Å². The first-order valence-electron chi connectivity index (χ1n) is 6.07. The van der Waals surface area contributed by atoms with Crippen molar-refractivity contribution in [2.45, 2.75) is 6.92 Å². The molecule has 2 rings (SSSR count). The summed E-state index contributed by atoms with van der Waals surface area (Å²) in [6.07, 6.45) is 3.51. The maximum atomic E-state index is 12.0. The van der Waals surface area contributed by atoms with Gasteiger partial charge in [0.2, 0.25) is 0 Å². The number of carbonyl (C=O) groups excluding carboxylic acids is 2. The van der Waals surface area contributed by atoms with Crippen molar-refractivity contribution in [3.05, 3.63) is 53.3 Å². The van der Waals surface area contributed by atoms with E-state index in [1.54, 1.807) is 24.3 Å². The van der Waals surface area contributed by atoms with E-state index in [4.69, 9.17) is 21.6 Å². The molecular weight excluding hydrogens is 292 g/mol. The van der Waals surface area contributed by atoms with Crippen LogP contribution in [0.2, 0.25) is 5.02 Å². The first-order chi connectivity index (χ1) is 10.0. The highest BCUT2D eigenvalue weighted by Gasteiger charge is 2.23. The predicted octanol–water partition coefficient (Wildman–Crippen LogP) is 3.28. The van der Waals surface area contributed by atoms with Crippen molar-refractivity contribution in [3.8, 4) is 11.8 Å². The van der Waals surface area contributed by atoms with E-state index in [1.807, 2.05) is 6.07 Å². The largest absolute Gasteiger partial charge is 0.423 e. The van der Waals surface area contributed by atoms with Gasteiger partial charge in [0, 0.05) is 23.0 Å². The van der Waals surface area contributed by atoms with Gasteiger partial charge in [-0.2, -0.15) is 5.26 Å². The number of ketones is 1. The lowest BCUT2D eigenvalue weighted by atomic mass is 9.96. The van der Waals surface area contributed by atoms with Crippen LogP contribution in [0, 0.1) is 17.2 Å². The van der Waals surface area contributed by atoms with Gasteiger partial charge in [-0.1, -0.05) is 11.6 Å². The second-order valence-corrected chi connectivity index (χ2v) is 4.75. The molecule has 0 aliphatic carbocycles. The Bertz CT molecular complexity index is 671. The highest BCUT2D eigenvalue weighted by molar-refractivity contribution is 6.30. The molecule has 1 aliphatic rings. The van der Waals surface area contributed by atoms with E-state index in [2.05, 4.69) is 0 Å². The standard InChI is InChI=1S/C15H11ClN2O3/c1-10(19)14-9-18(7-6-11(14)8-17)15(20)21-13-4-2-12(16)3-5-13/h2-7,9,11H,1H3. The molecule has 0 saturated carbocycles. The minimum absolute atomic E-state index is 0.244. The van der Waals surface area contributed by atoms with E-state index in [0.717, 1.165) is 4.90 Å². The van der Waals surface area contributed by atoms with Gasteiger partial charge in [0.1, 0.15) is 5.75 Å². The molecule has 6 heteroatoms. The van der Waals surface area contributed by atoms with Crippen molar-refractivity contribution in [1.82, 2.24) is 4.90 Å². The molecular formula is C15H11ClN2O3. The van der Waals surface area contributed by atoms with Gasteiger partial charge in [-0.25, -0.2) is 4.79 Å². The number of nitrogens with zero attached hydrogens (tertiary/aromatic N) is 2. The number of rotatable bonds is 2. The van der Waals surface area contributed by atoms with Gasteiger partial charge < -0.3 is 4.74 Å². The van der Waals surface area contributed by atoms with Gasteiger partial charge in [-0.05, 0) is 37.3 Å². The third kappa shape index (κ3) is 3.50. The Kier molecular flexibility index (Phi) is 4.41. The van der Waals surface area contributed by atoms with Crippen LogP contribution >= 0.6 is 11.6 Å². The lowest BCUT2D eigenvalue weighted by Gasteiger charge is -2.20. The van der Waals surface area contributed by atoms with E-state index in [9.17, 15) is 9.59 Å². The monoisotopic (exact) mass is 302 g/mol. The van der Waals surface area contributed by atoms with Gasteiger partial charge >= 0.3 is 6.09 Å². The van der Waals surface area contributed by atoms with Crippen LogP contribution in [0.1, 0.15) is 6.92 Å². The molecule has 1 amide bonds. The summed E-state index contributed by atoms with van der Waals surface area (Å²) < 4.78 is 5.14. The highest BCUT2D eigenvalue weighted by atomic mass is 35.5. The summed E-state index contributed by atoms with van der Waals surface area (Å²) in [5, 5.41) is 9.49. The molecule has 1 aromatic carbocycles. The van der Waals surface area contributed by atoms with Crippen LogP contribution in [-0.2, 0) is 4.79 Å². The normalized spacial score (nSPS) is 16.9. The molecule has 0 aromatic heterocycles. The minimum atomic E-state index is -0.677. The molecule has 1 atom stereocenters. The van der Waals surface area contributed by atoms with Gasteiger partial charge in [0.05, 0.1) is 12.0 Å². The molecule has 0 N–H and O–H groups in total. The Labute approximate surface area is 126 Å². The zero-order valence-electron chi connectivity index (χ0n) is 11.1. The first kappa shape index (κ1) is 14.8. The van der Waals surface area contributed by atoms with E-state index in [1.165, 1.54) is 25.4 Å². The number of hydrogen-bond donors (Lipinski definition) is 0. The van der Waals surface area contributed by atoms with Crippen LogP contribution in [-0.4, -0.2) is 16.8 Å². The minimum Gasteiger partial charge on any atom is -0.410 e. The summed E-state index contributed by atoms with van der Waals surface area (Å²) in [6.45, 7) is 1.35. The molecule has 0 spiro atoms. The Hall–Kier alpha value is -2.58. The molecule has 0 fully saturated rings. The molecule has 0 saturated heterocycles. The third-order valence-electron chi connectivity index (χ3n) is 2.83. The first-order valence-corrected chi connectivity index (χ1v) is 6.45. The van der Waals surface area contributed by atoms with Crippen LogP contribution in [0.25, 0.3) is 0 Å². The number of carbonyl (C=O) groups is 2. The summed E-state index contributed by atoms with van der Waals surface area (Å²) in [5.74, 6) is -0.588. The Morgan fingerprint density at radius 2 is 2.00 bits per heavy atom. The quantitative estimate of drug-likeness (QED) is 0.840. The number of amides is 1. The Morgan fingerprint density at radius 3 is 2.57 bits per heavy atom. The van der Waals surface area contributed by atoms with E-state index >= 15 is 0 Å². The lowest BCUT2D eigenvalue weighted by Crippen LogP contribution is -2.28. The van der Waals surface area contributed by atoms with Gasteiger partial charge in [-0.3, -0.25) is 9.69 Å². The lowest BCUT2D eigenvalue weighted by molar-refractivity contribution is -0.113. The maximum Gasteiger partial charge on any atom is 0.423 e. The van der Waals surface area contributed by atoms with Crippen molar-refractivity contribution in [3.63, 3.8) is 0 Å². The number of nitriles is 1. The van der Waals surface area contributed by atoms with Crippen molar-refractivity contribution < 1.29 is 14.3 Å². The van der Waals surface area contributed by atoms with E-state index in [-0.39, 0.29) is 11.4 Å². The van der Waals surface area contributed by atoms with Crippen molar-refractivity contribution >= 4 is 23.5 Å². The number of benzene rings is 1. The van der Waals surface area contributed by atoms with Gasteiger partial charge in [0.15, 0.2) is 5.78 Å². The average molecular weight is 303 g/mol. The SMILES string of the molecule is CC(=O)C1=CN(C(=O)Oc2ccc(Cl)cc2)C=CC1C#N. The van der Waals surface area contributed by atoms with Gasteiger partial charge in [0.25, 0.3) is 0 Å². The highest BCUT2D eigenvalue weighted by Crippen LogP contribution is 2.21. The van der Waals surface area contributed by atoms with Crippen molar-refractivity contribution in [2.75, 3.05) is 0 Å². The zero-order valence-corrected chi connectivity index (χ0v) is 11.9. The fourth-order valence-electron chi connectivity index (χ4n) is 1.75. The second kappa shape index (κ2) is 6.25. The third-order valence-corrected chi connectivity index (χ3v) is 3.08. The van der Waals surface area contributed by atoms with Crippen LogP contribution in [0.4, 0.5) is 4.79 Å². The van der Waals surface area contributed by atoms with Crippen LogP contribution in [0.3, 0.4) is 0 Å². The molecule has 1 heterocycles. The molecule has 0 radical (unpaired) electrons. The molecule has 106 valence electrons. The van der Waals surface area contributed by atoms with Crippen LogP contribution in [0.5, 0.6) is 5.75 Å². The number of hydrogen-bond acceptors (Lipinski definition) is 4. The van der Waals surface area contributed by atoms with Gasteiger partial charge in [-0.15, -0.1) is 0 Å². The summed E-state index contributed by atoms with van der Waals surface area (Å²) in [7, 11) is 0. The van der Waals surface area contributed by atoms with Crippen LogP contribution in [0.15, 0.2) is 48.3 Å². The predicted molar refractivity (Wildman–Crippen MR) is 76.3 cm³/mol. The molecule has 1 unspecified atom stereocenters. The molecule has 21 heavy (non-hydrogen) atoms. The summed E-state index contributed by atoms with van der Waals surface area (Å²) in [5.41, 5.74) is 0.244. The fourth-order valence-corrected chi connectivity index (χ4v) is 1.87. The topological polar surface area (TPSA) is 70.4 Å². The van der Waals surface area contributed by atoms with E-state index in [0.29, 0.717) is 10.8 Å². The maximum absolute atomic E-state index is 12.0. The second-order valence-electron chi connectivity index (χ2n) is 4.32. The average Bonchev–Trinajstić information content (AvgIpc) is 2.48. The Balaban J connectivity index is 2.15. The molecule has 5 nitrogen and oxygen atoms in total. The number of allylic oxidation sites excluding steroid dienone is 2. The zero-order chi connectivity index (χ0) is 15.4. The summed E-state index contributed by atoms with van der Waals surface area (Å²) >= 11 is 5.74.